The Labute approximate surface area is 194 Å². The fraction of sp³-hybridized carbons (Fsp3) is 0.455. The number of benzene rings is 2. The van der Waals surface area contributed by atoms with Crippen LogP contribution in [0.1, 0.15) is 24.0 Å². The minimum Gasteiger partial charge on any atom is -0.488 e. The zero-order chi connectivity index (χ0) is 19.4. The number of piperidine rings is 1. The second-order valence-electron chi connectivity index (χ2n) is 7.59. The molecule has 0 amide bonds. The summed E-state index contributed by atoms with van der Waals surface area (Å²) in [5, 5.41) is 3.80. The summed E-state index contributed by atoms with van der Waals surface area (Å²) in [5.74, 6) is 0.429. The number of morpholine rings is 1. The third-order valence-corrected chi connectivity index (χ3v) is 6.00. The van der Waals surface area contributed by atoms with Gasteiger partial charge in [-0.2, -0.15) is 0 Å². The lowest BCUT2D eigenvalue weighted by Crippen LogP contribution is -2.55. The molecule has 4 rings (SSSR count). The predicted octanol–water partition coefficient (Wildman–Crippen LogP) is 4.86. The van der Waals surface area contributed by atoms with Crippen molar-refractivity contribution in [3.63, 3.8) is 0 Å². The molecule has 0 aliphatic carbocycles. The van der Waals surface area contributed by atoms with Crippen LogP contribution in [0.2, 0.25) is 5.02 Å². The monoisotopic (exact) mass is 476 g/mol. The molecule has 2 aliphatic heterocycles. The standard InChI is InChI=1S/C22H26ClFN2O2.2ClH/c23-19-5-3-6-20(24)18(19)15-27-21-7-2-1-4-17(21)14-26-12-13-28-22(16-26)8-10-25-11-9-22;;/h1-7,25H,8-16H2;2*1H. The number of hydrogen-bond donors (Lipinski definition) is 1. The molecule has 2 aliphatic rings. The summed E-state index contributed by atoms with van der Waals surface area (Å²) in [7, 11) is 0. The van der Waals surface area contributed by atoms with Crippen LogP contribution < -0.4 is 10.1 Å². The third kappa shape index (κ3) is 6.00. The number of para-hydroxylation sites is 1. The summed E-state index contributed by atoms with van der Waals surface area (Å²) in [6.45, 7) is 5.52. The molecule has 0 aromatic heterocycles. The van der Waals surface area contributed by atoms with Crippen LogP contribution in [0.25, 0.3) is 0 Å². The Kier molecular flexibility index (Phi) is 9.67. The van der Waals surface area contributed by atoms with Crippen LogP contribution in [0.3, 0.4) is 0 Å². The molecular formula is C22H28Cl3FN2O2. The number of ether oxygens (including phenoxy) is 2. The lowest BCUT2D eigenvalue weighted by atomic mass is 9.90. The Morgan fingerprint density at radius 3 is 2.63 bits per heavy atom. The van der Waals surface area contributed by atoms with E-state index in [4.69, 9.17) is 21.1 Å². The first-order chi connectivity index (χ1) is 13.7. The van der Waals surface area contributed by atoms with Gasteiger partial charge in [0.25, 0.3) is 0 Å². The van der Waals surface area contributed by atoms with Gasteiger partial charge in [-0.1, -0.05) is 35.9 Å². The number of nitrogens with zero attached hydrogens (tertiary/aromatic N) is 1. The van der Waals surface area contributed by atoms with Crippen LogP contribution >= 0.6 is 36.4 Å². The topological polar surface area (TPSA) is 33.7 Å². The van der Waals surface area contributed by atoms with Crippen LogP contribution in [-0.4, -0.2) is 43.3 Å². The average Bonchev–Trinajstić information content (AvgIpc) is 2.69. The lowest BCUT2D eigenvalue weighted by molar-refractivity contribution is -0.125. The van der Waals surface area contributed by atoms with Crippen LogP contribution in [0.5, 0.6) is 5.75 Å². The van der Waals surface area contributed by atoms with E-state index >= 15 is 0 Å². The fourth-order valence-corrected chi connectivity index (χ4v) is 4.30. The van der Waals surface area contributed by atoms with Crippen LogP contribution in [0, 0.1) is 5.82 Å². The van der Waals surface area contributed by atoms with E-state index < -0.39 is 0 Å². The zero-order valence-corrected chi connectivity index (χ0v) is 19.1. The van der Waals surface area contributed by atoms with Gasteiger partial charge in [-0.3, -0.25) is 4.90 Å². The maximum absolute atomic E-state index is 14.0. The third-order valence-electron chi connectivity index (χ3n) is 5.64. The average molecular weight is 478 g/mol. The van der Waals surface area contributed by atoms with E-state index in [0.717, 1.165) is 63.5 Å². The Balaban J connectivity index is 0.00000160. The van der Waals surface area contributed by atoms with E-state index in [1.807, 2.05) is 18.2 Å². The molecule has 1 N–H and O–H groups in total. The number of hydrogen-bond acceptors (Lipinski definition) is 4. The van der Waals surface area contributed by atoms with Crippen LogP contribution in [-0.2, 0) is 17.9 Å². The van der Waals surface area contributed by atoms with E-state index in [1.165, 1.54) is 6.07 Å². The molecule has 2 heterocycles. The molecule has 2 aromatic carbocycles. The van der Waals surface area contributed by atoms with Crippen molar-refractivity contribution in [1.82, 2.24) is 10.2 Å². The first-order valence-corrected chi connectivity index (χ1v) is 10.2. The minimum absolute atomic E-state index is 0. The van der Waals surface area contributed by atoms with Crippen molar-refractivity contribution < 1.29 is 13.9 Å². The van der Waals surface area contributed by atoms with Gasteiger partial charge in [0.15, 0.2) is 0 Å². The molecule has 166 valence electrons. The Hall–Kier alpha value is -1.08. The van der Waals surface area contributed by atoms with Crippen LogP contribution in [0.4, 0.5) is 4.39 Å². The highest BCUT2D eigenvalue weighted by Gasteiger charge is 2.37. The van der Waals surface area contributed by atoms with E-state index in [-0.39, 0.29) is 42.8 Å². The maximum Gasteiger partial charge on any atom is 0.131 e. The van der Waals surface area contributed by atoms with Gasteiger partial charge in [0.1, 0.15) is 18.2 Å². The zero-order valence-electron chi connectivity index (χ0n) is 16.7. The number of nitrogens with one attached hydrogen (secondary N) is 1. The first kappa shape index (κ1) is 25.2. The Morgan fingerprint density at radius 2 is 1.87 bits per heavy atom. The minimum atomic E-state index is -0.342. The normalized spacial score (nSPS) is 18.3. The predicted molar refractivity (Wildman–Crippen MR) is 123 cm³/mol. The second-order valence-corrected chi connectivity index (χ2v) is 8.00. The first-order valence-electron chi connectivity index (χ1n) is 9.86. The molecule has 30 heavy (non-hydrogen) atoms. The smallest absolute Gasteiger partial charge is 0.131 e. The summed E-state index contributed by atoms with van der Waals surface area (Å²) in [5.41, 5.74) is 1.46. The van der Waals surface area contributed by atoms with Crippen molar-refractivity contribution in [3.05, 3.63) is 64.4 Å². The number of halogens is 4. The molecule has 2 saturated heterocycles. The van der Waals surface area contributed by atoms with Gasteiger partial charge >= 0.3 is 0 Å². The SMILES string of the molecule is Cl.Cl.Fc1cccc(Cl)c1COc1ccccc1CN1CCOC2(CCNCC2)C1. The van der Waals surface area contributed by atoms with E-state index in [1.54, 1.807) is 12.1 Å². The van der Waals surface area contributed by atoms with Gasteiger partial charge in [0, 0.05) is 30.8 Å². The molecule has 0 bridgehead atoms. The largest absolute Gasteiger partial charge is 0.488 e. The summed E-state index contributed by atoms with van der Waals surface area (Å²) in [4.78, 5) is 2.44. The van der Waals surface area contributed by atoms with Gasteiger partial charge in [-0.05, 0) is 44.1 Å². The van der Waals surface area contributed by atoms with Crippen molar-refractivity contribution in [2.75, 3.05) is 32.8 Å². The molecular weight excluding hydrogens is 450 g/mol. The molecule has 0 radical (unpaired) electrons. The molecule has 0 unspecified atom stereocenters. The molecule has 0 saturated carbocycles. The maximum atomic E-state index is 14.0. The van der Waals surface area contributed by atoms with Gasteiger partial charge in [0.05, 0.1) is 17.2 Å². The summed E-state index contributed by atoms with van der Waals surface area (Å²) in [6, 6.07) is 12.6. The van der Waals surface area contributed by atoms with Crippen molar-refractivity contribution >= 4 is 36.4 Å². The van der Waals surface area contributed by atoms with Crippen molar-refractivity contribution in [2.45, 2.75) is 31.6 Å². The molecule has 4 nitrogen and oxygen atoms in total. The summed E-state index contributed by atoms with van der Waals surface area (Å²) < 4.78 is 26.2. The van der Waals surface area contributed by atoms with E-state index in [0.29, 0.717) is 10.6 Å². The van der Waals surface area contributed by atoms with Crippen molar-refractivity contribution in [3.8, 4) is 5.75 Å². The van der Waals surface area contributed by atoms with Crippen LogP contribution in [0.15, 0.2) is 42.5 Å². The van der Waals surface area contributed by atoms with Gasteiger partial charge in [-0.25, -0.2) is 4.39 Å². The molecule has 2 fully saturated rings. The fourth-order valence-electron chi connectivity index (χ4n) is 4.08. The summed E-state index contributed by atoms with van der Waals surface area (Å²) in [6.07, 6.45) is 2.10. The lowest BCUT2D eigenvalue weighted by Gasteiger charge is -2.45. The highest BCUT2D eigenvalue weighted by Crippen LogP contribution is 2.30. The van der Waals surface area contributed by atoms with Gasteiger partial charge < -0.3 is 14.8 Å². The van der Waals surface area contributed by atoms with E-state index in [9.17, 15) is 4.39 Å². The quantitative estimate of drug-likeness (QED) is 0.667. The Bertz CT molecular complexity index is 793. The van der Waals surface area contributed by atoms with Crippen molar-refractivity contribution in [2.24, 2.45) is 0 Å². The summed E-state index contributed by atoms with van der Waals surface area (Å²) >= 11 is 6.13. The highest BCUT2D eigenvalue weighted by molar-refractivity contribution is 6.31. The van der Waals surface area contributed by atoms with Gasteiger partial charge in [-0.15, -0.1) is 24.8 Å². The van der Waals surface area contributed by atoms with E-state index in [2.05, 4.69) is 16.3 Å². The van der Waals surface area contributed by atoms with Crippen molar-refractivity contribution in [1.29, 1.82) is 0 Å². The highest BCUT2D eigenvalue weighted by atomic mass is 35.5. The molecule has 2 aromatic rings. The molecule has 0 atom stereocenters. The Morgan fingerprint density at radius 1 is 1.10 bits per heavy atom. The molecule has 1 spiro atoms. The molecule has 8 heteroatoms. The second kappa shape index (κ2) is 11.5. The number of rotatable bonds is 5. The van der Waals surface area contributed by atoms with Gasteiger partial charge in [0.2, 0.25) is 0 Å².